The van der Waals surface area contributed by atoms with Gasteiger partial charge in [-0.25, -0.2) is 0 Å². The molecule has 0 heteroatoms. The lowest BCUT2D eigenvalue weighted by Gasteiger charge is -2.24. The van der Waals surface area contributed by atoms with Gasteiger partial charge in [0, 0.05) is 5.41 Å². The zero-order valence-electron chi connectivity index (χ0n) is 12.7. The zero-order chi connectivity index (χ0) is 13.6. The van der Waals surface area contributed by atoms with Crippen molar-refractivity contribution in [1.29, 1.82) is 0 Å². The van der Waals surface area contributed by atoms with Crippen LogP contribution in [0.25, 0.3) is 0 Å². The van der Waals surface area contributed by atoms with Crippen molar-refractivity contribution in [3.05, 3.63) is 47.0 Å². The first-order valence-corrected chi connectivity index (χ1v) is 7.23. The van der Waals surface area contributed by atoms with E-state index in [0.717, 1.165) is 0 Å². The first-order valence-electron chi connectivity index (χ1n) is 7.23. The topological polar surface area (TPSA) is 0 Å². The molecule has 0 bridgehead atoms. The van der Waals surface area contributed by atoms with Gasteiger partial charge in [-0.15, -0.1) is 0 Å². The first-order chi connectivity index (χ1) is 8.49. The number of aryl methyl sites for hydroxylation is 1. The summed E-state index contributed by atoms with van der Waals surface area (Å²) in [6.45, 7) is 11.3. The second kappa shape index (κ2) is 6.78. The smallest absolute Gasteiger partial charge is 0.00780 e. The summed E-state index contributed by atoms with van der Waals surface area (Å²) in [6, 6.07) is 6.63. The Balaban J connectivity index is 2.76. The summed E-state index contributed by atoms with van der Waals surface area (Å²) in [7, 11) is 0. The van der Waals surface area contributed by atoms with Crippen LogP contribution < -0.4 is 0 Å². The number of hydrogen-bond donors (Lipinski definition) is 0. The van der Waals surface area contributed by atoms with Gasteiger partial charge in [-0.1, -0.05) is 64.0 Å². The number of rotatable bonds is 6. The fourth-order valence-electron chi connectivity index (χ4n) is 2.43. The van der Waals surface area contributed by atoms with Gasteiger partial charge in [-0.05, 0) is 43.4 Å². The zero-order valence-corrected chi connectivity index (χ0v) is 12.7. The Morgan fingerprint density at radius 3 is 2.50 bits per heavy atom. The molecule has 0 heterocycles. The van der Waals surface area contributed by atoms with Crippen molar-refractivity contribution in [2.75, 3.05) is 0 Å². The average Bonchev–Trinajstić information content (AvgIpc) is 2.32. The largest absolute Gasteiger partial charge is 0.0877 e. The van der Waals surface area contributed by atoms with Crippen LogP contribution in [-0.4, -0.2) is 0 Å². The van der Waals surface area contributed by atoms with Crippen molar-refractivity contribution in [3.8, 4) is 0 Å². The summed E-state index contributed by atoms with van der Waals surface area (Å²) < 4.78 is 0. The molecule has 0 nitrogen and oxygen atoms in total. The lowest BCUT2D eigenvalue weighted by Crippen LogP contribution is -2.15. The van der Waals surface area contributed by atoms with Gasteiger partial charge in [-0.3, -0.25) is 0 Å². The molecule has 0 aliphatic carbocycles. The fraction of sp³-hybridized carbons (Fsp3) is 0.556. The normalized spacial score (nSPS) is 12.3. The van der Waals surface area contributed by atoms with Crippen molar-refractivity contribution >= 4 is 0 Å². The van der Waals surface area contributed by atoms with Gasteiger partial charge in [0.2, 0.25) is 0 Å². The summed E-state index contributed by atoms with van der Waals surface area (Å²) in [5, 5.41) is 0. The third kappa shape index (κ3) is 4.01. The number of allylic oxidation sites excluding steroid dienone is 2. The van der Waals surface area contributed by atoms with Crippen molar-refractivity contribution in [2.45, 2.75) is 65.7 Å². The van der Waals surface area contributed by atoms with Gasteiger partial charge in [0.1, 0.15) is 0 Å². The van der Waals surface area contributed by atoms with E-state index in [9.17, 15) is 0 Å². The lowest BCUT2D eigenvalue weighted by atomic mass is 9.80. The molecule has 100 valence electrons. The van der Waals surface area contributed by atoms with E-state index in [-0.39, 0.29) is 5.41 Å². The summed E-state index contributed by atoms with van der Waals surface area (Å²) in [6.07, 6.45) is 9.91. The standard InChI is InChI=1S/C18H28/c1-6-7-8-9-10-14-18(4,5)17-13-11-12-15(2)16(17)3/h10-14H,6-9H2,1-5H3. The Kier molecular flexibility index (Phi) is 5.65. The minimum atomic E-state index is 0.141. The van der Waals surface area contributed by atoms with Gasteiger partial charge >= 0.3 is 0 Å². The number of unbranched alkanes of at least 4 members (excludes halogenated alkanes) is 3. The van der Waals surface area contributed by atoms with Crippen LogP contribution in [0.15, 0.2) is 30.4 Å². The molecule has 1 rings (SSSR count). The minimum absolute atomic E-state index is 0.141. The Bertz CT molecular complexity index is 396. The molecular formula is C18H28. The van der Waals surface area contributed by atoms with Gasteiger partial charge < -0.3 is 0 Å². The van der Waals surface area contributed by atoms with Gasteiger partial charge in [-0.2, -0.15) is 0 Å². The maximum absolute atomic E-state index is 2.38. The van der Waals surface area contributed by atoms with Crippen LogP contribution in [0.1, 0.15) is 63.1 Å². The monoisotopic (exact) mass is 244 g/mol. The Labute approximate surface area is 113 Å². The predicted octanol–water partition coefficient (Wildman–Crippen LogP) is 5.72. The van der Waals surface area contributed by atoms with E-state index in [1.54, 1.807) is 0 Å². The molecule has 0 saturated heterocycles. The summed E-state index contributed by atoms with van der Waals surface area (Å²) in [4.78, 5) is 0. The molecular weight excluding hydrogens is 216 g/mol. The molecule has 0 atom stereocenters. The molecule has 0 aliphatic rings. The van der Waals surface area contributed by atoms with Gasteiger partial charge in [0.05, 0.1) is 0 Å². The minimum Gasteiger partial charge on any atom is -0.0877 e. The molecule has 0 spiro atoms. The highest BCUT2D eigenvalue weighted by Gasteiger charge is 2.19. The van der Waals surface area contributed by atoms with Gasteiger partial charge in [0.25, 0.3) is 0 Å². The summed E-state index contributed by atoms with van der Waals surface area (Å²) in [5.74, 6) is 0. The van der Waals surface area contributed by atoms with Crippen LogP contribution in [-0.2, 0) is 5.41 Å². The third-order valence-corrected chi connectivity index (χ3v) is 3.81. The molecule has 0 aromatic heterocycles. The summed E-state index contributed by atoms with van der Waals surface area (Å²) >= 11 is 0. The highest BCUT2D eigenvalue weighted by atomic mass is 14.2. The molecule has 1 aromatic carbocycles. The molecule has 0 saturated carbocycles. The van der Waals surface area contributed by atoms with Crippen LogP contribution in [0.3, 0.4) is 0 Å². The van der Waals surface area contributed by atoms with Crippen LogP contribution in [0.2, 0.25) is 0 Å². The van der Waals surface area contributed by atoms with E-state index < -0.39 is 0 Å². The molecule has 18 heavy (non-hydrogen) atoms. The first kappa shape index (κ1) is 15.0. The van der Waals surface area contributed by atoms with Crippen LogP contribution >= 0.6 is 0 Å². The predicted molar refractivity (Wildman–Crippen MR) is 82.2 cm³/mol. The van der Waals surface area contributed by atoms with Crippen molar-refractivity contribution < 1.29 is 0 Å². The fourth-order valence-corrected chi connectivity index (χ4v) is 2.43. The molecule has 0 amide bonds. The molecule has 0 fully saturated rings. The highest BCUT2D eigenvalue weighted by molar-refractivity contribution is 5.40. The van der Waals surface area contributed by atoms with E-state index in [4.69, 9.17) is 0 Å². The quantitative estimate of drug-likeness (QED) is 0.443. The van der Waals surface area contributed by atoms with E-state index in [2.05, 4.69) is 65.0 Å². The second-order valence-electron chi connectivity index (χ2n) is 5.87. The molecule has 0 aliphatic heterocycles. The van der Waals surface area contributed by atoms with Crippen LogP contribution in [0, 0.1) is 13.8 Å². The number of hydrogen-bond acceptors (Lipinski definition) is 0. The van der Waals surface area contributed by atoms with E-state index in [1.807, 2.05) is 0 Å². The lowest BCUT2D eigenvalue weighted by molar-refractivity contribution is 0.655. The van der Waals surface area contributed by atoms with Crippen LogP contribution in [0.4, 0.5) is 0 Å². The van der Waals surface area contributed by atoms with E-state index in [1.165, 1.54) is 42.4 Å². The van der Waals surface area contributed by atoms with Crippen molar-refractivity contribution in [1.82, 2.24) is 0 Å². The van der Waals surface area contributed by atoms with Gasteiger partial charge in [0.15, 0.2) is 0 Å². The average molecular weight is 244 g/mol. The Morgan fingerprint density at radius 2 is 1.83 bits per heavy atom. The van der Waals surface area contributed by atoms with E-state index >= 15 is 0 Å². The Morgan fingerprint density at radius 1 is 1.11 bits per heavy atom. The van der Waals surface area contributed by atoms with Crippen LogP contribution in [0.5, 0.6) is 0 Å². The Hall–Kier alpha value is -1.04. The van der Waals surface area contributed by atoms with Crippen molar-refractivity contribution in [2.24, 2.45) is 0 Å². The molecule has 0 N–H and O–H groups in total. The second-order valence-corrected chi connectivity index (χ2v) is 5.87. The maximum atomic E-state index is 2.38. The maximum Gasteiger partial charge on any atom is 0.00780 e. The van der Waals surface area contributed by atoms with Crippen molar-refractivity contribution in [3.63, 3.8) is 0 Å². The summed E-state index contributed by atoms with van der Waals surface area (Å²) in [5.41, 5.74) is 4.41. The molecule has 0 radical (unpaired) electrons. The third-order valence-electron chi connectivity index (χ3n) is 3.81. The number of benzene rings is 1. The SMILES string of the molecule is CCCCCC=CC(C)(C)c1cccc(C)c1C. The molecule has 0 unspecified atom stereocenters. The highest BCUT2D eigenvalue weighted by Crippen LogP contribution is 2.29. The molecule has 1 aromatic rings. The van der Waals surface area contributed by atoms with E-state index in [0.29, 0.717) is 0 Å².